The van der Waals surface area contributed by atoms with E-state index in [0.717, 1.165) is 22.7 Å². The summed E-state index contributed by atoms with van der Waals surface area (Å²) in [4.78, 5) is 12.1. The van der Waals surface area contributed by atoms with E-state index < -0.39 is 21.5 Å². The first-order valence-corrected chi connectivity index (χ1v) is 11.6. The number of sulfone groups is 1. The highest BCUT2D eigenvalue weighted by atomic mass is 32.2. The van der Waals surface area contributed by atoms with Crippen molar-refractivity contribution in [2.75, 3.05) is 18.2 Å². The molecule has 0 fully saturated rings. The fourth-order valence-corrected chi connectivity index (χ4v) is 4.71. The van der Waals surface area contributed by atoms with Crippen molar-refractivity contribution in [1.82, 2.24) is 10.2 Å². The first-order chi connectivity index (χ1) is 13.9. The van der Waals surface area contributed by atoms with Crippen LogP contribution in [-0.2, 0) is 33.2 Å². The topological polar surface area (TPSA) is 98.2 Å². The van der Waals surface area contributed by atoms with E-state index in [4.69, 9.17) is 4.74 Å². The maximum Gasteiger partial charge on any atom is 0.241 e. The lowest BCUT2D eigenvalue weighted by molar-refractivity contribution is -0.113. The minimum Gasteiger partial charge on any atom is -0.497 e. The smallest absolute Gasteiger partial charge is 0.241 e. The van der Waals surface area contributed by atoms with Gasteiger partial charge in [-0.2, -0.15) is 0 Å². The van der Waals surface area contributed by atoms with E-state index in [1.165, 1.54) is 11.3 Å². The highest BCUT2D eigenvalue weighted by Gasteiger charge is 2.18. The van der Waals surface area contributed by atoms with Crippen LogP contribution < -0.4 is 10.1 Å². The van der Waals surface area contributed by atoms with Gasteiger partial charge in [-0.1, -0.05) is 53.8 Å². The third-order valence-electron chi connectivity index (χ3n) is 4.08. The Labute approximate surface area is 173 Å². The van der Waals surface area contributed by atoms with Crippen molar-refractivity contribution in [2.45, 2.75) is 18.6 Å². The zero-order chi connectivity index (χ0) is 20.7. The molecule has 1 aromatic heterocycles. The summed E-state index contributed by atoms with van der Waals surface area (Å²) in [7, 11) is -1.94. The molecule has 1 N–H and O–H groups in total. The number of carbonyl (C=O) groups excluding carboxylic acids is 1. The number of amides is 1. The van der Waals surface area contributed by atoms with Gasteiger partial charge in [-0.3, -0.25) is 10.1 Å². The molecule has 0 bridgehead atoms. The summed E-state index contributed by atoms with van der Waals surface area (Å²) in [5.41, 5.74) is 1.79. The molecule has 0 aliphatic heterocycles. The number of benzene rings is 2. The van der Waals surface area contributed by atoms with Crippen molar-refractivity contribution in [1.29, 1.82) is 0 Å². The van der Waals surface area contributed by atoms with Gasteiger partial charge >= 0.3 is 0 Å². The molecule has 3 rings (SSSR count). The average Bonchev–Trinajstić information content (AvgIpc) is 3.13. The molecular formula is C20H21N3O4S2. The number of carbonyl (C=O) groups is 1. The number of aromatic nitrogens is 2. The van der Waals surface area contributed by atoms with Crippen molar-refractivity contribution < 1.29 is 17.9 Å². The summed E-state index contributed by atoms with van der Waals surface area (Å²) in [5.74, 6) is -0.580. The minimum absolute atomic E-state index is 0.176. The molecule has 7 nitrogen and oxygen atoms in total. The Balaban J connectivity index is 1.50. The van der Waals surface area contributed by atoms with Crippen LogP contribution in [0.2, 0.25) is 0 Å². The maximum atomic E-state index is 12.2. The predicted octanol–water partition coefficient (Wildman–Crippen LogP) is 2.89. The van der Waals surface area contributed by atoms with Gasteiger partial charge in [0.2, 0.25) is 11.0 Å². The number of ether oxygens (including phenoxy) is 1. The second-order valence-electron chi connectivity index (χ2n) is 6.42. The molecule has 1 heterocycles. The summed E-state index contributed by atoms with van der Waals surface area (Å²) in [6, 6.07) is 16.5. The van der Waals surface area contributed by atoms with E-state index >= 15 is 0 Å². The van der Waals surface area contributed by atoms with E-state index in [2.05, 4.69) is 15.5 Å². The van der Waals surface area contributed by atoms with Crippen LogP contribution in [0.4, 0.5) is 5.13 Å². The molecule has 0 atom stereocenters. The molecule has 0 saturated heterocycles. The number of anilines is 1. The third-order valence-corrected chi connectivity index (χ3v) is 6.45. The Hall–Kier alpha value is -2.78. The Kier molecular flexibility index (Phi) is 6.95. The average molecular weight is 432 g/mol. The summed E-state index contributed by atoms with van der Waals surface area (Å²) in [6.07, 6.45) is 1.45. The van der Waals surface area contributed by atoms with Crippen LogP contribution in [0.3, 0.4) is 0 Å². The summed E-state index contributed by atoms with van der Waals surface area (Å²) >= 11 is 1.24. The number of aryl methyl sites for hydroxylation is 2. The molecule has 0 unspecified atom stereocenters. The monoisotopic (exact) mass is 431 g/mol. The normalized spacial score (nSPS) is 11.2. The summed E-state index contributed by atoms with van der Waals surface area (Å²) < 4.78 is 29.6. The van der Waals surface area contributed by atoms with Crippen molar-refractivity contribution in [3.8, 4) is 5.75 Å². The van der Waals surface area contributed by atoms with Gasteiger partial charge in [0.1, 0.15) is 16.5 Å². The second kappa shape index (κ2) is 9.62. The molecule has 9 heteroatoms. The SMILES string of the molecule is COc1ccc(CCc2nnc(NC(=O)CS(=O)(=O)Cc3ccccc3)s2)cc1. The fourth-order valence-electron chi connectivity index (χ4n) is 2.68. The third kappa shape index (κ3) is 6.65. The minimum atomic E-state index is -3.57. The molecule has 29 heavy (non-hydrogen) atoms. The van der Waals surface area contributed by atoms with Crippen LogP contribution in [0.15, 0.2) is 54.6 Å². The molecule has 1 amide bonds. The van der Waals surface area contributed by atoms with E-state index in [9.17, 15) is 13.2 Å². The molecule has 0 radical (unpaired) electrons. The van der Waals surface area contributed by atoms with E-state index in [1.54, 1.807) is 31.4 Å². The zero-order valence-electron chi connectivity index (χ0n) is 15.9. The van der Waals surface area contributed by atoms with Gasteiger partial charge in [0.05, 0.1) is 12.9 Å². The molecule has 0 saturated carbocycles. The predicted molar refractivity (Wildman–Crippen MR) is 113 cm³/mol. The highest BCUT2D eigenvalue weighted by molar-refractivity contribution is 7.91. The van der Waals surface area contributed by atoms with Gasteiger partial charge in [0.25, 0.3) is 0 Å². The summed E-state index contributed by atoms with van der Waals surface area (Å²) in [5, 5.41) is 11.6. The Bertz CT molecular complexity index is 1050. The molecule has 0 aliphatic carbocycles. The number of nitrogens with zero attached hydrogens (tertiary/aromatic N) is 2. The zero-order valence-corrected chi connectivity index (χ0v) is 17.5. The Morgan fingerprint density at radius 1 is 1.00 bits per heavy atom. The van der Waals surface area contributed by atoms with Crippen LogP contribution in [0, 0.1) is 0 Å². The number of nitrogens with one attached hydrogen (secondary N) is 1. The maximum absolute atomic E-state index is 12.2. The van der Waals surface area contributed by atoms with Crippen LogP contribution in [0.1, 0.15) is 16.1 Å². The lowest BCUT2D eigenvalue weighted by Crippen LogP contribution is -2.23. The van der Waals surface area contributed by atoms with E-state index in [0.29, 0.717) is 17.1 Å². The van der Waals surface area contributed by atoms with Gasteiger partial charge in [-0.05, 0) is 29.7 Å². The van der Waals surface area contributed by atoms with Crippen LogP contribution in [-0.4, -0.2) is 37.4 Å². The van der Waals surface area contributed by atoms with Crippen molar-refractivity contribution in [2.24, 2.45) is 0 Å². The van der Waals surface area contributed by atoms with Gasteiger partial charge in [0, 0.05) is 6.42 Å². The fraction of sp³-hybridized carbons (Fsp3) is 0.250. The number of methoxy groups -OCH3 is 1. The highest BCUT2D eigenvalue weighted by Crippen LogP contribution is 2.19. The molecular weight excluding hydrogens is 410 g/mol. The standard InChI is InChI=1S/C20H21N3O4S2/c1-27-17-10-7-15(8-11-17)9-12-19-22-23-20(28-19)21-18(24)14-29(25,26)13-16-5-3-2-4-6-16/h2-8,10-11H,9,12-14H2,1H3,(H,21,23,24). The first kappa shape index (κ1) is 20.9. The molecule has 0 spiro atoms. The lowest BCUT2D eigenvalue weighted by Gasteiger charge is -2.04. The lowest BCUT2D eigenvalue weighted by atomic mass is 10.1. The Morgan fingerprint density at radius 3 is 2.41 bits per heavy atom. The van der Waals surface area contributed by atoms with Crippen molar-refractivity contribution in [3.63, 3.8) is 0 Å². The molecule has 3 aromatic rings. The first-order valence-electron chi connectivity index (χ1n) is 8.93. The van der Waals surface area contributed by atoms with Gasteiger partial charge < -0.3 is 4.74 Å². The summed E-state index contributed by atoms with van der Waals surface area (Å²) in [6.45, 7) is 0. The quantitative estimate of drug-likeness (QED) is 0.559. The van der Waals surface area contributed by atoms with Gasteiger partial charge in [-0.15, -0.1) is 10.2 Å². The van der Waals surface area contributed by atoms with Crippen molar-refractivity contribution in [3.05, 3.63) is 70.7 Å². The van der Waals surface area contributed by atoms with Crippen LogP contribution in [0.25, 0.3) is 0 Å². The number of hydrogen-bond donors (Lipinski definition) is 1. The van der Waals surface area contributed by atoms with Crippen molar-refractivity contribution >= 4 is 32.2 Å². The van der Waals surface area contributed by atoms with Crippen LogP contribution in [0.5, 0.6) is 5.75 Å². The largest absolute Gasteiger partial charge is 0.497 e. The molecule has 2 aromatic carbocycles. The van der Waals surface area contributed by atoms with Crippen LogP contribution >= 0.6 is 11.3 Å². The van der Waals surface area contributed by atoms with E-state index in [1.807, 2.05) is 30.3 Å². The number of rotatable bonds is 9. The second-order valence-corrected chi connectivity index (χ2v) is 9.54. The molecule has 152 valence electrons. The Morgan fingerprint density at radius 2 is 1.72 bits per heavy atom. The number of hydrogen-bond acceptors (Lipinski definition) is 7. The molecule has 0 aliphatic rings. The van der Waals surface area contributed by atoms with E-state index in [-0.39, 0.29) is 5.75 Å². The van der Waals surface area contributed by atoms with Gasteiger partial charge in [0.15, 0.2) is 9.84 Å². The van der Waals surface area contributed by atoms with Gasteiger partial charge in [-0.25, -0.2) is 8.42 Å².